The fraction of sp³-hybridized carbons (Fsp3) is 0.500. The maximum atomic E-state index is 12.3. The summed E-state index contributed by atoms with van der Waals surface area (Å²) in [5.74, 6) is -0.0522. The maximum absolute atomic E-state index is 12.3. The third-order valence-electron chi connectivity index (χ3n) is 4.21. The van der Waals surface area contributed by atoms with Gasteiger partial charge in [-0.1, -0.05) is 46.8 Å². The Balaban J connectivity index is 1.89. The molecule has 1 aromatic heterocycles. The first-order chi connectivity index (χ1) is 13.6. The number of benzene rings is 1. The number of hydrogen-bond acceptors (Lipinski definition) is 6. The molecule has 0 spiro atoms. The molecule has 2 unspecified atom stereocenters. The van der Waals surface area contributed by atoms with E-state index in [0.29, 0.717) is 18.1 Å². The van der Waals surface area contributed by atoms with E-state index in [-0.39, 0.29) is 32.9 Å². The van der Waals surface area contributed by atoms with Crippen LogP contribution in [0.1, 0.15) is 51.8 Å². The van der Waals surface area contributed by atoms with Gasteiger partial charge in [0, 0.05) is 5.41 Å². The fourth-order valence-corrected chi connectivity index (χ4v) is 3.38. The molecule has 6 nitrogen and oxygen atoms in total. The van der Waals surface area contributed by atoms with Gasteiger partial charge in [0.1, 0.15) is 5.75 Å². The highest BCUT2D eigenvalue weighted by Crippen LogP contribution is 2.38. The number of hydrogen-bond donors (Lipinski definition) is 1. The zero-order chi connectivity index (χ0) is 21.5. The second-order valence-corrected chi connectivity index (χ2v) is 9.73. The Hall–Kier alpha value is -1.88. The van der Waals surface area contributed by atoms with Crippen LogP contribution in [0.3, 0.4) is 0 Å². The van der Waals surface area contributed by atoms with Gasteiger partial charge in [0.25, 0.3) is 0 Å². The predicted molar refractivity (Wildman–Crippen MR) is 113 cm³/mol. The summed E-state index contributed by atoms with van der Waals surface area (Å²) >= 11 is 0. The van der Waals surface area contributed by atoms with E-state index in [2.05, 4.69) is 20.8 Å². The lowest BCUT2D eigenvalue weighted by Crippen LogP contribution is -2.22. The molecule has 1 aromatic carbocycles. The Kier molecular flexibility index (Phi) is 8.26. The van der Waals surface area contributed by atoms with Crippen LogP contribution in [0.5, 0.6) is 5.75 Å². The number of esters is 1. The summed E-state index contributed by atoms with van der Waals surface area (Å²) in [6, 6.07) is 11.1. The van der Waals surface area contributed by atoms with Gasteiger partial charge in [0.15, 0.2) is 18.2 Å². The first-order valence-electron chi connectivity index (χ1n) is 9.55. The number of furan rings is 1. The van der Waals surface area contributed by atoms with E-state index in [9.17, 15) is 9.90 Å². The summed E-state index contributed by atoms with van der Waals surface area (Å²) in [5.41, 5.74) is 0.876. The first kappa shape index (κ1) is 23.4. The van der Waals surface area contributed by atoms with Crippen molar-refractivity contribution in [3.63, 3.8) is 0 Å². The van der Waals surface area contributed by atoms with Crippen LogP contribution in [0.4, 0.5) is 0 Å². The molecular formula is C22H31O6P. The van der Waals surface area contributed by atoms with Gasteiger partial charge in [-0.25, -0.2) is 4.79 Å². The van der Waals surface area contributed by atoms with Gasteiger partial charge >= 0.3 is 5.97 Å². The van der Waals surface area contributed by atoms with E-state index in [1.807, 2.05) is 38.1 Å². The summed E-state index contributed by atoms with van der Waals surface area (Å²) in [6.45, 7) is 10.3. The Morgan fingerprint density at radius 1 is 1.14 bits per heavy atom. The van der Waals surface area contributed by atoms with Gasteiger partial charge in [0.05, 0.1) is 28.3 Å². The monoisotopic (exact) mass is 422 g/mol. The van der Waals surface area contributed by atoms with Crippen LogP contribution in [0.2, 0.25) is 0 Å². The molecular weight excluding hydrogens is 391 g/mol. The van der Waals surface area contributed by atoms with Crippen LogP contribution in [0, 0.1) is 5.41 Å². The quantitative estimate of drug-likeness (QED) is 0.437. The molecule has 0 saturated heterocycles. The molecule has 0 fully saturated rings. The molecule has 0 aliphatic heterocycles. The van der Waals surface area contributed by atoms with E-state index in [1.165, 1.54) is 11.8 Å². The number of carbonyl (C=O) groups is 1. The van der Waals surface area contributed by atoms with Crippen molar-refractivity contribution in [1.29, 1.82) is 0 Å². The molecule has 2 aromatic rings. The van der Waals surface area contributed by atoms with Crippen molar-refractivity contribution >= 4 is 14.8 Å². The van der Waals surface area contributed by atoms with Crippen molar-refractivity contribution in [2.75, 3.05) is 19.8 Å². The van der Waals surface area contributed by atoms with Crippen molar-refractivity contribution in [1.82, 2.24) is 0 Å². The van der Waals surface area contributed by atoms with E-state index in [4.69, 9.17) is 18.4 Å². The number of carbonyl (C=O) groups excluding carboxylic acids is 1. The number of aliphatic hydroxyl groups excluding tert-OH is 1. The van der Waals surface area contributed by atoms with E-state index in [1.54, 1.807) is 12.1 Å². The van der Waals surface area contributed by atoms with Crippen molar-refractivity contribution in [2.45, 2.75) is 45.9 Å². The topological polar surface area (TPSA) is 78.1 Å². The van der Waals surface area contributed by atoms with Crippen LogP contribution < -0.4 is 4.74 Å². The fourth-order valence-electron chi connectivity index (χ4n) is 2.30. The van der Waals surface area contributed by atoms with Crippen molar-refractivity contribution in [3.05, 3.63) is 54.0 Å². The minimum Gasteiger partial charge on any atom is -0.482 e. The highest BCUT2D eigenvalue weighted by atomic mass is 31.1. The van der Waals surface area contributed by atoms with E-state index < -0.39 is 11.8 Å². The zero-order valence-corrected chi connectivity index (χ0v) is 18.7. The molecule has 0 saturated carbocycles. The minimum atomic E-state index is -0.654. The smallest absolute Gasteiger partial charge is 0.345 e. The van der Waals surface area contributed by atoms with E-state index in [0.717, 1.165) is 0 Å². The lowest BCUT2D eigenvalue weighted by molar-refractivity contribution is -0.148. The normalized spacial score (nSPS) is 13.6. The Morgan fingerprint density at radius 3 is 2.38 bits per heavy atom. The van der Waals surface area contributed by atoms with Crippen molar-refractivity contribution < 1.29 is 28.3 Å². The van der Waals surface area contributed by atoms with Crippen LogP contribution in [-0.4, -0.2) is 30.9 Å². The van der Waals surface area contributed by atoms with E-state index >= 15 is 0 Å². The summed E-state index contributed by atoms with van der Waals surface area (Å²) < 4.78 is 22.1. The lowest BCUT2D eigenvalue weighted by atomic mass is 9.87. The predicted octanol–water partition coefficient (Wildman–Crippen LogP) is 4.83. The average Bonchev–Trinajstić information content (AvgIpc) is 3.20. The number of rotatable bonds is 10. The molecule has 0 radical (unpaired) electrons. The Bertz CT molecular complexity index is 747. The summed E-state index contributed by atoms with van der Waals surface area (Å²) in [6.07, 6.45) is 1.52. The molecule has 2 rings (SSSR count). The second-order valence-electron chi connectivity index (χ2n) is 8.68. The molecule has 160 valence electrons. The standard InChI is InChI=1S/C22H31O6P/c1-21(2,3)16-8-10-17(11-9-16)26-13-19(24)28-20(18-7-6-12-25-18)29-27-15-22(4,5)14-23/h6-12,20,23,29H,13-15H2,1-5H3. The van der Waals surface area contributed by atoms with Gasteiger partial charge in [-0.15, -0.1) is 0 Å². The number of aliphatic hydroxyl groups is 1. The molecule has 29 heavy (non-hydrogen) atoms. The van der Waals surface area contributed by atoms with Gasteiger partial charge in [-0.05, 0) is 35.2 Å². The minimum absolute atomic E-state index is 0.00449. The second kappa shape index (κ2) is 10.2. The molecule has 0 aliphatic carbocycles. The molecule has 7 heteroatoms. The maximum Gasteiger partial charge on any atom is 0.345 e. The summed E-state index contributed by atoms with van der Waals surface area (Å²) in [5, 5.41) is 9.33. The van der Waals surface area contributed by atoms with Crippen molar-refractivity contribution in [2.24, 2.45) is 5.41 Å². The molecule has 2 atom stereocenters. The molecule has 1 N–H and O–H groups in total. The SMILES string of the molecule is CC(C)(CO)COPC(OC(=O)COc1ccc(C(C)(C)C)cc1)c1ccco1. The molecule has 1 heterocycles. The Labute approximate surface area is 174 Å². The summed E-state index contributed by atoms with van der Waals surface area (Å²) in [7, 11) is -0.154. The Morgan fingerprint density at radius 2 is 1.83 bits per heavy atom. The van der Waals surface area contributed by atoms with Gasteiger partial charge in [-0.3, -0.25) is 0 Å². The van der Waals surface area contributed by atoms with Gasteiger partial charge in [0.2, 0.25) is 0 Å². The van der Waals surface area contributed by atoms with Crippen LogP contribution in [0.25, 0.3) is 0 Å². The van der Waals surface area contributed by atoms with Crippen LogP contribution >= 0.6 is 8.81 Å². The van der Waals surface area contributed by atoms with Crippen LogP contribution in [0.15, 0.2) is 47.1 Å². The lowest BCUT2D eigenvalue weighted by Gasteiger charge is -2.23. The zero-order valence-electron chi connectivity index (χ0n) is 17.7. The number of ether oxygens (including phenoxy) is 2. The molecule has 0 amide bonds. The molecule has 0 bridgehead atoms. The van der Waals surface area contributed by atoms with Crippen molar-refractivity contribution in [3.8, 4) is 5.75 Å². The van der Waals surface area contributed by atoms with Gasteiger partial charge in [-0.2, -0.15) is 0 Å². The summed E-state index contributed by atoms with van der Waals surface area (Å²) in [4.78, 5) is 12.3. The third-order valence-corrected chi connectivity index (χ3v) is 5.14. The van der Waals surface area contributed by atoms with Gasteiger partial charge < -0.3 is 23.5 Å². The largest absolute Gasteiger partial charge is 0.482 e. The highest BCUT2D eigenvalue weighted by Gasteiger charge is 2.23. The highest BCUT2D eigenvalue weighted by molar-refractivity contribution is 7.32. The average molecular weight is 422 g/mol. The first-order valence-corrected chi connectivity index (χ1v) is 10.5. The third kappa shape index (κ3) is 7.81. The molecule has 0 aliphatic rings. The van der Waals surface area contributed by atoms with Crippen LogP contribution in [-0.2, 0) is 19.5 Å².